The number of hydrogen-bond acceptors (Lipinski definition) is 3. The van der Waals surface area contributed by atoms with Crippen LogP contribution in [0.1, 0.15) is 31.9 Å². The molecule has 0 aliphatic heterocycles. The lowest BCUT2D eigenvalue weighted by atomic mass is 9.71. The van der Waals surface area contributed by atoms with Gasteiger partial charge in [0.2, 0.25) is 0 Å². The number of allylic oxidation sites excluding steroid dienone is 1. The molecule has 3 aromatic rings. The normalized spacial score (nSPS) is 13.8. The van der Waals surface area contributed by atoms with Crippen LogP contribution in [0.3, 0.4) is 0 Å². The molecule has 3 aromatic carbocycles. The summed E-state index contributed by atoms with van der Waals surface area (Å²) >= 11 is 0. The number of methoxy groups -OCH3 is 1. The highest BCUT2D eigenvalue weighted by Crippen LogP contribution is 2.44. The fraction of sp³-hybridized carbons (Fsp3) is 0.240. The number of hydrogen-bond donors (Lipinski definition) is 0. The quantitative estimate of drug-likeness (QED) is 0.514. The summed E-state index contributed by atoms with van der Waals surface area (Å²) in [5.74, 6) is 0.523. The Morgan fingerprint density at radius 1 is 0.964 bits per heavy atom. The third-order valence-corrected chi connectivity index (χ3v) is 5.24. The van der Waals surface area contributed by atoms with Crippen LogP contribution >= 0.6 is 0 Å². The van der Waals surface area contributed by atoms with Gasteiger partial charge in [-0.1, -0.05) is 66.7 Å². The zero-order valence-corrected chi connectivity index (χ0v) is 16.9. The summed E-state index contributed by atoms with van der Waals surface area (Å²) in [6.07, 6.45) is 2.01. The number of fused-ring (bicyclic) bond motifs is 1. The van der Waals surface area contributed by atoms with E-state index >= 15 is 0 Å². The monoisotopic (exact) mass is 374 g/mol. The lowest BCUT2D eigenvalue weighted by Gasteiger charge is -2.32. The molecule has 0 N–H and O–H groups in total. The first-order valence-electron chi connectivity index (χ1n) is 9.53. The molecule has 0 aliphatic carbocycles. The second-order valence-electron chi connectivity index (χ2n) is 6.77. The fourth-order valence-corrected chi connectivity index (χ4v) is 3.89. The topological polar surface area (TPSA) is 35.5 Å². The summed E-state index contributed by atoms with van der Waals surface area (Å²) in [7, 11) is 1.66. The molecule has 3 heteroatoms. The molecule has 3 nitrogen and oxygen atoms in total. The minimum absolute atomic E-state index is 0.262. The number of carbonyl (C=O) groups is 1. The van der Waals surface area contributed by atoms with Crippen molar-refractivity contribution in [3.63, 3.8) is 0 Å². The zero-order chi connectivity index (χ0) is 20.1. The molecule has 0 amide bonds. The minimum Gasteiger partial charge on any atom is -0.496 e. The molecule has 0 bridgehead atoms. The molecule has 0 spiro atoms. The summed E-state index contributed by atoms with van der Waals surface area (Å²) in [5, 5.41) is 1.95. The van der Waals surface area contributed by atoms with Crippen molar-refractivity contribution in [1.82, 2.24) is 0 Å². The van der Waals surface area contributed by atoms with Crippen molar-refractivity contribution < 1.29 is 14.3 Å². The highest BCUT2D eigenvalue weighted by molar-refractivity contribution is 6.04. The first-order chi connectivity index (χ1) is 13.6. The van der Waals surface area contributed by atoms with E-state index in [1.807, 2.05) is 93.6 Å². The van der Waals surface area contributed by atoms with Gasteiger partial charge < -0.3 is 9.47 Å². The summed E-state index contributed by atoms with van der Waals surface area (Å²) in [4.78, 5) is 13.3. The van der Waals surface area contributed by atoms with E-state index in [4.69, 9.17) is 9.47 Å². The molecule has 1 unspecified atom stereocenters. The van der Waals surface area contributed by atoms with Crippen LogP contribution < -0.4 is 4.74 Å². The highest BCUT2D eigenvalue weighted by atomic mass is 16.5. The van der Waals surface area contributed by atoms with Gasteiger partial charge in [-0.3, -0.25) is 4.79 Å². The standard InChI is InChI=1S/C25H26O3/c1-5-21(18-12-8-7-9-13-18)25(3,24(26)28-6-2)22-16-17-23(27-4)20-15-11-10-14-19(20)22/h5,7-17H,6H2,1-4H3/b21-5+. The average molecular weight is 374 g/mol. The molecule has 0 radical (unpaired) electrons. The molecular formula is C25H26O3. The number of carbonyl (C=O) groups excluding carboxylic acids is 1. The number of ether oxygens (including phenoxy) is 2. The van der Waals surface area contributed by atoms with Gasteiger partial charge in [0.1, 0.15) is 11.2 Å². The predicted molar refractivity (Wildman–Crippen MR) is 115 cm³/mol. The Morgan fingerprint density at radius 2 is 1.61 bits per heavy atom. The Labute approximate surface area is 166 Å². The largest absolute Gasteiger partial charge is 0.496 e. The van der Waals surface area contributed by atoms with E-state index in [1.165, 1.54) is 0 Å². The van der Waals surface area contributed by atoms with Crippen LogP contribution in [-0.2, 0) is 14.9 Å². The lowest BCUT2D eigenvalue weighted by Crippen LogP contribution is -2.36. The van der Waals surface area contributed by atoms with Crippen LogP contribution in [0.15, 0.2) is 72.8 Å². The van der Waals surface area contributed by atoms with Crippen LogP contribution in [-0.4, -0.2) is 19.7 Å². The Morgan fingerprint density at radius 3 is 2.21 bits per heavy atom. The number of rotatable bonds is 6. The maximum Gasteiger partial charge on any atom is 0.320 e. The Balaban J connectivity index is 2.33. The molecule has 0 aromatic heterocycles. The minimum atomic E-state index is -0.960. The fourth-order valence-electron chi connectivity index (χ4n) is 3.89. The van der Waals surface area contributed by atoms with E-state index in [2.05, 4.69) is 0 Å². The molecule has 0 heterocycles. The van der Waals surface area contributed by atoms with Gasteiger partial charge in [0.15, 0.2) is 0 Å². The van der Waals surface area contributed by atoms with E-state index in [0.29, 0.717) is 6.61 Å². The van der Waals surface area contributed by atoms with Gasteiger partial charge in [0.25, 0.3) is 0 Å². The second-order valence-corrected chi connectivity index (χ2v) is 6.77. The smallest absolute Gasteiger partial charge is 0.320 e. The molecule has 28 heavy (non-hydrogen) atoms. The van der Waals surface area contributed by atoms with Crippen molar-refractivity contribution >= 4 is 22.3 Å². The maximum atomic E-state index is 13.3. The summed E-state index contributed by atoms with van der Waals surface area (Å²) in [5.41, 5.74) is 1.86. The van der Waals surface area contributed by atoms with E-state index in [9.17, 15) is 4.79 Å². The van der Waals surface area contributed by atoms with Gasteiger partial charge in [0.05, 0.1) is 13.7 Å². The molecule has 144 valence electrons. The Bertz CT molecular complexity index is 1000. The van der Waals surface area contributed by atoms with Gasteiger partial charge >= 0.3 is 5.97 Å². The van der Waals surface area contributed by atoms with Crippen LogP contribution in [0.25, 0.3) is 16.3 Å². The second kappa shape index (κ2) is 8.30. The van der Waals surface area contributed by atoms with Gasteiger partial charge in [-0.15, -0.1) is 0 Å². The maximum absolute atomic E-state index is 13.3. The first-order valence-corrected chi connectivity index (χ1v) is 9.53. The molecule has 1 atom stereocenters. The third kappa shape index (κ3) is 3.29. The SMILES string of the molecule is C/C=C(\c1ccccc1)C(C)(C(=O)OCC)c1ccc(OC)c2ccccc12. The summed E-state index contributed by atoms with van der Waals surface area (Å²) in [6, 6.07) is 21.9. The van der Waals surface area contributed by atoms with Gasteiger partial charge in [-0.25, -0.2) is 0 Å². The van der Waals surface area contributed by atoms with Crippen molar-refractivity contribution in [2.45, 2.75) is 26.2 Å². The summed E-state index contributed by atoms with van der Waals surface area (Å²) in [6.45, 7) is 6.07. The van der Waals surface area contributed by atoms with Gasteiger partial charge in [-0.05, 0) is 48.9 Å². The number of benzene rings is 3. The van der Waals surface area contributed by atoms with E-state index in [0.717, 1.165) is 33.2 Å². The van der Waals surface area contributed by atoms with Crippen LogP contribution in [0.2, 0.25) is 0 Å². The Hall–Kier alpha value is -3.07. The third-order valence-electron chi connectivity index (χ3n) is 5.24. The van der Waals surface area contributed by atoms with Crippen LogP contribution in [0, 0.1) is 0 Å². The van der Waals surface area contributed by atoms with Crippen molar-refractivity contribution in [2.24, 2.45) is 0 Å². The molecule has 0 saturated heterocycles. The Kier molecular flexibility index (Phi) is 5.84. The van der Waals surface area contributed by atoms with Crippen molar-refractivity contribution in [3.05, 3.63) is 83.9 Å². The highest BCUT2D eigenvalue weighted by Gasteiger charge is 2.42. The molecule has 3 rings (SSSR count). The van der Waals surface area contributed by atoms with Crippen molar-refractivity contribution in [3.8, 4) is 5.75 Å². The van der Waals surface area contributed by atoms with Crippen molar-refractivity contribution in [1.29, 1.82) is 0 Å². The van der Waals surface area contributed by atoms with Crippen LogP contribution in [0.5, 0.6) is 5.75 Å². The zero-order valence-electron chi connectivity index (χ0n) is 16.9. The number of esters is 1. The molecular weight excluding hydrogens is 348 g/mol. The molecule has 0 aliphatic rings. The van der Waals surface area contributed by atoms with E-state index in [1.54, 1.807) is 7.11 Å². The van der Waals surface area contributed by atoms with Crippen molar-refractivity contribution in [2.75, 3.05) is 13.7 Å². The first kappa shape index (κ1) is 19.7. The predicted octanol–water partition coefficient (Wildman–Crippen LogP) is 5.77. The lowest BCUT2D eigenvalue weighted by molar-refractivity contribution is -0.147. The summed E-state index contributed by atoms with van der Waals surface area (Å²) < 4.78 is 11.1. The van der Waals surface area contributed by atoms with E-state index < -0.39 is 5.41 Å². The van der Waals surface area contributed by atoms with Crippen LogP contribution in [0.4, 0.5) is 0 Å². The van der Waals surface area contributed by atoms with E-state index in [-0.39, 0.29) is 5.97 Å². The van der Waals surface area contributed by atoms with Gasteiger partial charge in [-0.2, -0.15) is 0 Å². The van der Waals surface area contributed by atoms with Gasteiger partial charge in [0, 0.05) is 5.39 Å². The average Bonchev–Trinajstić information content (AvgIpc) is 2.74. The molecule has 0 saturated carbocycles. The molecule has 0 fully saturated rings.